The molecule has 284 valence electrons. The lowest BCUT2D eigenvalue weighted by molar-refractivity contribution is 0.686. The molecule has 2 N–H and O–H groups in total. The number of nitrogens with one attached hydrogen (secondary N) is 2. The van der Waals surface area contributed by atoms with E-state index in [2.05, 4.69) is 241 Å². The van der Waals surface area contributed by atoms with Crippen molar-refractivity contribution in [3.8, 4) is 0 Å². The number of aromatic nitrogens is 2. The van der Waals surface area contributed by atoms with Gasteiger partial charge in [0.15, 0.2) is 0 Å². The molecule has 6 aromatic carbocycles. The summed E-state index contributed by atoms with van der Waals surface area (Å²) in [6.45, 7) is 0. The van der Waals surface area contributed by atoms with Crippen LogP contribution in [0.4, 0.5) is 0 Å². The van der Waals surface area contributed by atoms with Crippen molar-refractivity contribution in [3.05, 3.63) is 298 Å². The Hall–Kier alpha value is -7.82. The van der Waals surface area contributed by atoms with Crippen LogP contribution in [-0.4, -0.2) is 21.4 Å². The monoisotopic (exact) mass is 768 g/mol. The number of benzene rings is 6. The molecule has 0 saturated heterocycles. The fraction of sp³-hybridized carbons (Fsp3) is 0.0357. The molecule has 0 saturated carbocycles. The number of H-pyrrole nitrogens is 2. The van der Waals surface area contributed by atoms with Gasteiger partial charge in [0, 0.05) is 33.9 Å². The molecule has 4 nitrogen and oxygen atoms in total. The first-order valence-electron chi connectivity index (χ1n) is 20.5. The quantitative estimate of drug-likeness (QED) is 0.169. The zero-order valence-corrected chi connectivity index (χ0v) is 32.8. The van der Waals surface area contributed by atoms with Gasteiger partial charge >= 0.3 is 0 Å². The molecule has 3 aliphatic heterocycles. The molecule has 0 spiro atoms. The minimum atomic E-state index is -0.823. The van der Waals surface area contributed by atoms with Gasteiger partial charge in [0.05, 0.1) is 22.8 Å². The van der Waals surface area contributed by atoms with E-state index >= 15 is 0 Å². The van der Waals surface area contributed by atoms with Crippen molar-refractivity contribution in [2.45, 2.75) is 10.8 Å². The second-order valence-corrected chi connectivity index (χ2v) is 15.4. The van der Waals surface area contributed by atoms with E-state index in [1.54, 1.807) is 0 Å². The molecule has 60 heavy (non-hydrogen) atoms. The Morgan fingerprint density at radius 1 is 0.317 bits per heavy atom. The van der Waals surface area contributed by atoms with E-state index in [0.717, 1.165) is 90.1 Å². The summed E-state index contributed by atoms with van der Waals surface area (Å²) < 4.78 is 0. The van der Waals surface area contributed by atoms with Crippen LogP contribution in [0, 0.1) is 0 Å². The second-order valence-electron chi connectivity index (χ2n) is 15.4. The van der Waals surface area contributed by atoms with Crippen molar-refractivity contribution in [1.82, 2.24) is 9.97 Å². The number of hydrogen-bond donors (Lipinski definition) is 2. The van der Waals surface area contributed by atoms with Crippen LogP contribution in [0.3, 0.4) is 0 Å². The Bertz CT molecular complexity index is 2960. The predicted molar refractivity (Wildman–Crippen MR) is 245 cm³/mol. The van der Waals surface area contributed by atoms with Crippen molar-refractivity contribution < 1.29 is 0 Å². The van der Waals surface area contributed by atoms with Gasteiger partial charge in [-0.25, -0.2) is 4.99 Å². The first-order chi connectivity index (χ1) is 29.7. The molecule has 0 amide bonds. The minimum absolute atomic E-state index is 0.777. The maximum atomic E-state index is 5.70. The summed E-state index contributed by atoms with van der Waals surface area (Å²) in [5.74, 6) is 0. The summed E-state index contributed by atoms with van der Waals surface area (Å²) in [7, 11) is 0. The second kappa shape index (κ2) is 14.5. The number of rotatable bonds is 6. The van der Waals surface area contributed by atoms with Gasteiger partial charge in [-0.1, -0.05) is 182 Å². The maximum absolute atomic E-state index is 5.70. The van der Waals surface area contributed by atoms with Crippen LogP contribution >= 0.6 is 0 Å². The standard InChI is InChI=1S/C56H40N4/c1-7-19-39(20-8-1)53-45-31-32-46(57-45)54(40-21-9-2-10-22-40)48-34-36-50(59-48)56(43-27-15-5-16-28-43,44-29-17-6-18-30-44)52-38-37-51(60-52)55(41-23-11-3-12-24-41,42-25-13-4-14-26-42)49-35-33-47(53)58-49/h1-38,58,60H/b53-45-,54-48-. The molecule has 8 aromatic rings. The zero-order chi connectivity index (χ0) is 39.9. The summed E-state index contributed by atoms with van der Waals surface area (Å²) in [6.07, 6.45) is 8.68. The highest BCUT2D eigenvalue weighted by atomic mass is 14.9. The third kappa shape index (κ3) is 5.53. The molecule has 3 aliphatic rings. The van der Waals surface area contributed by atoms with Gasteiger partial charge in [0.1, 0.15) is 10.8 Å². The normalized spacial score (nSPS) is 18.6. The SMILES string of the molecule is C1=C/C2=C(\c3ccccc3)c3ccc([nH]3)C(c3ccccc3)(c3ccccc3)c3ccc([nH]3)C(c3ccccc3)(c3ccccc3)C3=N/C(=C(/c4ccccc4)C1=N2)C=C3. The molecule has 0 unspecified atom stereocenters. The Labute approximate surface area is 350 Å². The van der Waals surface area contributed by atoms with Crippen LogP contribution in [-0.2, 0) is 10.8 Å². The van der Waals surface area contributed by atoms with Crippen molar-refractivity contribution in [2.24, 2.45) is 9.98 Å². The van der Waals surface area contributed by atoms with Crippen molar-refractivity contribution in [2.75, 3.05) is 0 Å². The lowest BCUT2D eigenvalue weighted by Crippen LogP contribution is -2.38. The minimum Gasteiger partial charge on any atom is -0.360 e. The lowest BCUT2D eigenvalue weighted by Gasteiger charge is -2.36. The van der Waals surface area contributed by atoms with E-state index in [1.165, 1.54) is 0 Å². The number of aliphatic imine (C=N–C) groups is 2. The number of aromatic amines is 2. The molecule has 0 atom stereocenters. The van der Waals surface area contributed by atoms with Crippen molar-refractivity contribution in [1.29, 1.82) is 0 Å². The number of allylic oxidation sites excluding steroid dienone is 5. The van der Waals surface area contributed by atoms with Crippen LogP contribution in [0.15, 0.2) is 252 Å². The van der Waals surface area contributed by atoms with Crippen molar-refractivity contribution >= 4 is 22.6 Å². The van der Waals surface area contributed by atoms with Crippen LogP contribution in [0.2, 0.25) is 0 Å². The van der Waals surface area contributed by atoms with Gasteiger partial charge in [-0.2, -0.15) is 0 Å². The molecule has 2 aromatic heterocycles. The molecular weight excluding hydrogens is 729 g/mol. The largest absolute Gasteiger partial charge is 0.360 e. The molecule has 4 heteroatoms. The van der Waals surface area contributed by atoms with Crippen LogP contribution in [0.1, 0.15) is 56.2 Å². The van der Waals surface area contributed by atoms with E-state index < -0.39 is 10.8 Å². The molecule has 5 heterocycles. The van der Waals surface area contributed by atoms with Gasteiger partial charge in [0.25, 0.3) is 0 Å². The Kier molecular flexibility index (Phi) is 8.56. The molecule has 0 radical (unpaired) electrons. The molecular formula is C56H40N4. The summed E-state index contributed by atoms with van der Waals surface area (Å²) in [4.78, 5) is 19.4. The topological polar surface area (TPSA) is 56.3 Å². The first kappa shape index (κ1) is 35.4. The van der Waals surface area contributed by atoms with Crippen LogP contribution < -0.4 is 0 Å². The molecule has 11 rings (SSSR count). The maximum Gasteiger partial charge on any atom is 0.102 e. The van der Waals surface area contributed by atoms with Gasteiger partial charge in [-0.15, -0.1) is 0 Å². The summed E-state index contributed by atoms with van der Waals surface area (Å²) in [5, 5.41) is 0. The van der Waals surface area contributed by atoms with E-state index in [9.17, 15) is 0 Å². The number of nitrogens with zero attached hydrogens (tertiary/aromatic N) is 2. The van der Waals surface area contributed by atoms with E-state index in [-0.39, 0.29) is 0 Å². The fourth-order valence-electron chi connectivity index (χ4n) is 9.62. The molecule has 0 aliphatic carbocycles. The van der Waals surface area contributed by atoms with Crippen LogP contribution in [0.25, 0.3) is 11.1 Å². The van der Waals surface area contributed by atoms with Gasteiger partial charge in [-0.3, -0.25) is 4.99 Å². The summed E-state index contributed by atoms with van der Waals surface area (Å²) in [6, 6.07) is 73.5. The third-order valence-corrected chi connectivity index (χ3v) is 12.2. The highest BCUT2D eigenvalue weighted by Crippen LogP contribution is 2.49. The van der Waals surface area contributed by atoms with Gasteiger partial charge in [0.2, 0.25) is 0 Å². The predicted octanol–water partition coefficient (Wildman–Crippen LogP) is 12.3. The van der Waals surface area contributed by atoms with Crippen molar-refractivity contribution in [3.63, 3.8) is 0 Å². The Morgan fingerprint density at radius 3 is 1.25 bits per heavy atom. The van der Waals surface area contributed by atoms with E-state index in [0.29, 0.717) is 0 Å². The summed E-state index contributed by atoms with van der Waals surface area (Å²) >= 11 is 0. The van der Waals surface area contributed by atoms with Crippen LogP contribution in [0.5, 0.6) is 0 Å². The molecule has 8 bridgehead atoms. The Balaban J connectivity index is 1.31. The highest BCUT2D eigenvalue weighted by molar-refractivity contribution is 6.32. The van der Waals surface area contributed by atoms with Gasteiger partial charge in [-0.05, 0) is 82.0 Å². The molecule has 0 fully saturated rings. The zero-order valence-electron chi connectivity index (χ0n) is 32.8. The highest BCUT2D eigenvalue weighted by Gasteiger charge is 2.46. The lowest BCUT2D eigenvalue weighted by atomic mass is 9.68. The average Bonchev–Trinajstić information content (AvgIpc) is 4.18. The van der Waals surface area contributed by atoms with Gasteiger partial charge < -0.3 is 9.97 Å². The fourth-order valence-corrected chi connectivity index (χ4v) is 9.62. The Morgan fingerprint density at radius 2 is 0.717 bits per heavy atom. The van der Waals surface area contributed by atoms with E-state index in [1.807, 2.05) is 0 Å². The summed E-state index contributed by atoms with van der Waals surface area (Å²) in [5.41, 5.74) is 14.6. The van der Waals surface area contributed by atoms with E-state index in [4.69, 9.17) is 9.98 Å². The first-order valence-corrected chi connectivity index (χ1v) is 20.5. The average molecular weight is 769 g/mol. The smallest absolute Gasteiger partial charge is 0.102 e. The number of hydrogen-bond acceptors (Lipinski definition) is 2. The number of fused-ring (bicyclic) bond motifs is 6. The third-order valence-electron chi connectivity index (χ3n) is 12.2.